The molecule has 0 atom stereocenters. The normalized spacial score (nSPS) is 11.3. The molecule has 0 N–H and O–H groups in total. The molecule has 4 aromatic rings. The molecule has 3 aromatic carbocycles. The Balaban J connectivity index is 1.80. The van der Waals surface area contributed by atoms with Crippen LogP contribution in [0.1, 0.15) is 57.2 Å². The Labute approximate surface area is 225 Å². The summed E-state index contributed by atoms with van der Waals surface area (Å²) >= 11 is 3.78. The zero-order valence-corrected chi connectivity index (χ0v) is 23.3. The second kappa shape index (κ2) is 13.6. The van der Waals surface area contributed by atoms with E-state index in [2.05, 4.69) is 124 Å². The molecule has 0 unspecified atom stereocenters. The molecule has 0 amide bonds. The van der Waals surface area contributed by atoms with E-state index in [-0.39, 0.29) is 0 Å². The van der Waals surface area contributed by atoms with Crippen LogP contribution in [0.2, 0.25) is 0 Å². The molecular weight excluding hydrogens is 506 g/mol. The summed E-state index contributed by atoms with van der Waals surface area (Å²) in [6, 6.07) is 30.0. The Morgan fingerprint density at radius 3 is 2.03 bits per heavy atom. The van der Waals surface area contributed by atoms with E-state index in [0.717, 1.165) is 44.1 Å². The van der Waals surface area contributed by atoms with Gasteiger partial charge in [0.05, 0.1) is 11.4 Å². The maximum atomic E-state index is 5.31. The number of hydrogen-bond donors (Lipinski definition) is 0. The molecular formula is C32H38BrN3. The summed E-state index contributed by atoms with van der Waals surface area (Å²) in [6.07, 6.45) is 5.96. The van der Waals surface area contributed by atoms with Gasteiger partial charge in [-0.05, 0) is 31.0 Å². The summed E-state index contributed by atoms with van der Waals surface area (Å²) < 4.78 is 3.68. The first-order valence-corrected chi connectivity index (χ1v) is 14.2. The number of benzene rings is 3. The highest BCUT2D eigenvalue weighted by Crippen LogP contribution is 2.32. The van der Waals surface area contributed by atoms with Gasteiger partial charge in [0, 0.05) is 35.2 Å². The first-order chi connectivity index (χ1) is 17.7. The van der Waals surface area contributed by atoms with Crippen LogP contribution in [0.25, 0.3) is 22.6 Å². The molecule has 0 aliphatic carbocycles. The Morgan fingerprint density at radius 2 is 1.36 bits per heavy atom. The number of unbranched alkanes of at least 4 members (excludes halogenated alkanes) is 3. The fourth-order valence-electron chi connectivity index (χ4n) is 4.72. The highest BCUT2D eigenvalue weighted by Gasteiger charge is 2.22. The Kier molecular flexibility index (Phi) is 9.94. The van der Waals surface area contributed by atoms with Crippen LogP contribution in [0.3, 0.4) is 0 Å². The molecule has 1 heterocycles. The molecule has 1 aromatic heterocycles. The quantitative estimate of drug-likeness (QED) is 0.157. The van der Waals surface area contributed by atoms with E-state index < -0.39 is 0 Å². The number of imidazole rings is 1. The average Bonchev–Trinajstić information content (AvgIpc) is 3.27. The highest BCUT2D eigenvalue weighted by atomic mass is 79.9. The van der Waals surface area contributed by atoms with E-state index in [1.165, 1.54) is 52.5 Å². The van der Waals surface area contributed by atoms with Gasteiger partial charge < -0.3 is 4.57 Å². The number of aromatic nitrogens is 2. The van der Waals surface area contributed by atoms with Crippen molar-refractivity contribution >= 4 is 15.9 Å². The van der Waals surface area contributed by atoms with Crippen LogP contribution in [0, 0.1) is 0 Å². The monoisotopic (exact) mass is 543 g/mol. The van der Waals surface area contributed by atoms with Crippen LogP contribution in [0.5, 0.6) is 0 Å². The van der Waals surface area contributed by atoms with Gasteiger partial charge in [0.2, 0.25) is 0 Å². The number of halogens is 1. The van der Waals surface area contributed by atoms with Crippen molar-refractivity contribution in [3.05, 3.63) is 101 Å². The molecule has 0 radical (unpaired) electrons. The minimum atomic E-state index is 0.873. The van der Waals surface area contributed by atoms with Crippen molar-refractivity contribution in [2.24, 2.45) is 0 Å². The maximum absolute atomic E-state index is 5.31. The van der Waals surface area contributed by atoms with Gasteiger partial charge in [-0.15, -0.1) is 0 Å². The molecule has 0 spiro atoms. The first-order valence-electron chi connectivity index (χ1n) is 13.4. The van der Waals surface area contributed by atoms with Gasteiger partial charge in [-0.2, -0.15) is 0 Å². The summed E-state index contributed by atoms with van der Waals surface area (Å²) in [7, 11) is 0. The third-order valence-electron chi connectivity index (χ3n) is 6.69. The van der Waals surface area contributed by atoms with Crippen molar-refractivity contribution in [3.63, 3.8) is 0 Å². The van der Waals surface area contributed by atoms with Gasteiger partial charge in [0.15, 0.2) is 0 Å². The Bertz CT molecular complexity index is 1200. The average molecular weight is 545 g/mol. The lowest BCUT2D eigenvalue weighted by molar-refractivity contribution is 0.246. The van der Waals surface area contributed by atoms with E-state index in [9.17, 15) is 0 Å². The van der Waals surface area contributed by atoms with Crippen molar-refractivity contribution < 1.29 is 0 Å². The summed E-state index contributed by atoms with van der Waals surface area (Å²) in [6.45, 7) is 8.38. The van der Waals surface area contributed by atoms with Gasteiger partial charge in [-0.1, -0.05) is 128 Å². The first kappa shape index (κ1) is 26.4. The molecule has 36 heavy (non-hydrogen) atoms. The zero-order chi connectivity index (χ0) is 25.2. The molecule has 0 saturated heterocycles. The van der Waals surface area contributed by atoms with Crippen LogP contribution in [-0.2, 0) is 19.6 Å². The van der Waals surface area contributed by atoms with E-state index in [0.29, 0.717) is 0 Å². The highest BCUT2D eigenvalue weighted by molar-refractivity contribution is 9.10. The van der Waals surface area contributed by atoms with Crippen molar-refractivity contribution in [1.82, 2.24) is 14.5 Å². The van der Waals surface area contributed by atoms with E-state index in [1.807, 2.05) is 0 Å². The van der Waals surface area contributed by atoms with E-state index in [1.54, 1.807) is 0 Å². The largest absolute Gasteiger partial charge is 0.326 e. The second-order valence-corrected chi connectivity index (χ2v) is 10.3. The summed E-state index contributed by atoms with van der Waals surface area (Å²) in [5.74, 6) is 1.08. The molecule has 0 saturated carbocycles. The van der Waals surface area contributed by atoms with E-state index in [4.69, 9.17) is 4.98 Å². The third-order valence-corrected chi connectivity index (χ3v) is 7.46. The maximum Gasteiger partial charge on any atom is 0.140 e. The smallest absolute Gasteiger partial charge is 0.140 e. The standard InChI is InChI=1S/C32H38BrN3/c1-3-5-15-23-36-30(25-35(22-6-4-2)24-28-20-13-14-21-29(28)33)31(26-16-9-7-10-17-26)34-32(36)27-18-11-8-12-19-27/h7-14,16-21H,3-6,15,22-25H2,1-2H3. The number of nitrogens with zero attached hydrogens (tertiary/aromatic N) is 3. The lowest BCUT2D eigenvalue weighted by Gasteiger charge is -2.25. The molecule has 188 valence electrons. The van der Waals surface area contributed by atoms with Crippen LogP contribution in [0.4, 0.5) is 0 Å². The fraction of sp³-hybridized carbons (Fsp3) is 0.344. The molecule has 0 fully saturated rings. The number of rotatable bonds is 13. The minimum absolute atomic E-state index is 0.873. The number of hydrogen-bond acceptors (Lipinski definition) is 2. The molecule has 0 aliphatic rings. The van der Waals surface area contributed by atoms with Gasteiger partial charge in [-0.3, -0.25) is 4.90 Å². The predicted octanol–water partition coefficient (Wildman–Crippen LogP) is 8.97. The SMILES string of the molecule is CCCCCn1c(-c2ccccc2)nc(-c2ccccc2)c1CN(CCCC)Cc1ccccc1Br. The Hall–Kier alpha value is -2.69. The summed E-state index contributed by atoms with van der Waals surface area (Å²) in [5, 5.41) is 0. The van der Waals surface area contributed by atoms with Gasteiger partial charge in [0.25, 0.3) is 0 Å². The molecule has 0 bridgehead atoms. The minimum Gasteiger partial charge on any atom is -0.326 e. The summed E-state index contributed by atoms with van der Waals surface area (Å²) in [4.78, 5) is 7.91. The van der Waals surface area contributed by atoms with E-state index >= 15 is 0 Å². The zero-order valence-electron chi connectivity index (χ0n) is 21.7. The van der Waals surface area contributed by atoms with Gasteiger partial charge in [-0.25, -0.2) is 4.98 Å². The van der Waals surface area contributed by atoms with Gasteiger partial charge in [0.1, 0.15) is 5.82 Å². The van der Waals surface area contributed by atoms with Crippen molar-refractivity contribution in [1.29, 1.82) is 0 Å². The molecule has 4 rings (SSSR count). The fourth-order valence-corrected chi connectivity index (χ4v) is 5.13. The molecule has 3 nitrogen and oxygen atoms in total. The van der Waals surface area contributed by atoms with Crippen molar-refractivity contribution in [2.45, 2.75) is 65.6 Å². The van der Waals surface area contributed by atoms with Crippen LogP contribution in [-0.4, -0.2) is 21.0 Å². The summed E-state index contributed by atoms with van der Waals surface area (Å²) in [5.41, 5.74) is 6.13. The molecule has 4 heteroatoms. The van der Waals surface area contributed by atoms with Crippen LogP contribution < -0.4 is 0 Å². The van der Waals surface area contributed by atoms with Gasteiger partial charge >= 0.3 is 0 Å². The lowest BCUT2D eigenvalue weighted by Crippen LogP contribution is -2.26. The lowest BCUT2D eigenvalue weighted by atomic mass is 10.1. The Morgan fingerprint density at radius 1 is 0.722 bits per heavy atom. The van der Waals surface area contributed by atoms with Crippen LogP contribution in [0.15, 0.2) is 89.4 Å². The predicted molar refractivity (Wildman–Crippen MR) is 156 cm³/mol. The topological polar surface area (TPSA) is 21.1 Å². The van der Waals surface area contributed by atoms with Crippen LogP contribution >= 0.6 is 15.9 Å². The third kappa shape index (κ3) is 6.74. The second-order valence-electron chi connectivity index (χ2n) is 9.48. The van der Waals surface area contributed by atoms with Crippen molar-refractivity contribution in [2.75, 3.05) is 6.54 Å². The van der Waals surface area contributed by atoms with Crippen molar-refractivity contribution in [3.8, 4) is 22.6 Å². The molecule has 0 aliphatic heterocycles.